The molecule has 0 saturated heterocycles. The molecule has 1 heteroatoms. The molecule has 0 unspecified atom stereocenters. The van der Waals surface area contributed by atoms with E-state index >= 15 is 0 Å². The van der Waals surface area contributed by atoms with E-state index in [9.17, 15) is 0 Å². The van der Waals surface area contributed by atoms with Crippen LogP contribution in [0.4, 0.5) is 11.4 Å². The normalized spacial score (nSPS) is 16.9. The summed E-state index contributed by atoms with van der Waals surface area (Å²) in [6, 6.07) is 39.4. The van der Waals surface area contributed by atoms with Gasteiger partial charge in [-0.3, -0.25) is 0 Å². The average molecular weight is 582 g/mol. The van der Waals surface area contributed by atoms with Gasteiger partial charge in [-0.25, -0.2) is 0 Å². The van der Waals surface area contributed by atoms with E-state index in [1.165, 1.54) is 83.1 Å². The summed E-state index contributed by atoms with van der Waals surface area (Å²) < 4.78 is 0. The van der Waals surface area contributed by atoms with Crippen LogP contribution in [0.15, 0.2) is 103 Å². The number of nitrogens with one attached hydrogen (secondary N) is 1. The van der Waals surface area contributed by atoms with Crippen molar-refractivity contribution in [3.05, 3.63) is 142 Å². The minimum absolute atomic E-state index is 0.0198. The van der Waals surface area contributed by atoms with Crippen molar-refractivity contribution in [2.45, 2.75) is 64.7 Å². The summed E-state index contributed by atoms with van der Waals surface area (Å²) in [5.74, 6) is 0. The number of rotatable bonds is 2. The van der Waals surface area contributed by atoms with Crippen LogP contribution in [0.2, 0.25) is 0 Å². The van der Waals surface area contributed by atoms with Crippen molar-refractivity contribution in [3.8, 4) is 33.4 Å². The summed E-state index contributed by atoms with van der Waals surface area (Å²) in [6.07, 6.45) is 0. The third kappa shape index (κ3) is 3.45. The second kappa shape index (κ2) is 8.55. The van der Waals surface area contributed by atoms with Gasteiger partial charge in [0.2, 0.25) is 0 Å². The number of hydrogen-bond donors (Lipinski definition) is 1. The third-order valence-corrected chi connectivity index (χ3v) is 11.5. The van der Waals surface area contributed by atoms with Gasteiger partial charge in [0.15, 0.2) is 0 Å². The summed E-state index contributed by atoms with van der Waals surface area (Å²) in [4.78, 5) is 0. The molecular weight excluding hydrogens is 542 g/mol. The van der Waals surface area contributed by atoms with Crippen LogP contribution < -0.4 is 5.32 Å². The van der Waals surface area contributed by atoms with E-state index in [1.807, 2.05) is 0 Å². The number of fused-ring (bicyclic) bond motifs is 11. The van der Waals surface area contributed by atoms with E-state index < -0.39 is 0 Å². The fraction of sp³-hybridized carbons (Fsp3) is 0.227. The molecule has 0 amide bonds. The molecule has 0 spiro atoms. The van der Waals surface area contributed by atoms with Gasteiger partial charge in [0, 0.05) is 27.6 Å². The molecule has 0 bridgehead atoms. The Bertz CT molecular complexity index is 2280. The molecule has 0 atom stereocenters. The first kappa shape index (κ1) is 26.8. The Hall–Kier alpha value is -4.62. The SMILES string of the molecule is Cc1ccc2c(c1)C(C)(C)c1cc(Nc3ccc4c(c3)C(C)(C)c3cc5c(cc3-4)C(C)(C)c3ccc4ccccc4c3-5)ccc1-2. The minimum Gasteiger partial charge on any atom is -0.356 e. The predicted octanol–water partition coefficient (Wildman–Crippen LogP) is 11.8. The van der Waals surface area contributed by atoms with Crippen molar-refractivity contribution in [3.63, 3.8) is 0 Å². The molecule has 3 aliphatic carbocycles. The number of aryl methyl sites for hydroxylation is 1. The second-order valence-electron chi connectivity index (χ2n) is 15.2. The molecule has 0 aliphatic heterocycles. The number of benzene rings is 6. The van der Waals surface area contributed by atoms with Crippen LogP contribution in [-0.4, -0.2) is 0 Å². The Morgan fingerprint density at radius 2 is 0.933 bits per heavy atom. The topological polar surface area (TPSA) is 12.0 Å². The molecule has 45 heavy (non-hydrogen) atoms. The third-order valence-electron chi connectivity index (χ3n) is 11.5. The average Bonchev–Trinajstić information content (AvgIpc) is 3.49. The van der Waals surface area contributed by atoms with Crippen LogP contribution >= 0.6 is 0 Å². The van der Waals surface area contributed by atoms with E-state index in [4.69, 9.17) is 0 Å². The molecule has 9 rings (SSSR count). The number of anilines is 2. The van der Waals surface area contributed by atoms with Crippen LogP contribution in [0.1, 0.15) is 80.5 Å². The van der Waals surface area contributed by atoms with Crippen LogP contribution in [0.25, 0.3) is 44.2 Å². The zero-order chi connectivity index (χ0) is 31.0. The smallest absolute Gasteiger partial charge is 0.0387 e. The highest BCUT2D eigenvalue weighted by Crippen LogP contribution is 2.57. The summed E-state index contributed by atoms with van der Waals surface area (Å²) >= 11 is 0. The Labute approximate surface area is 267 Å². The van der Waals surface area contributed by atoms with Gasteiger partial charge in [-0.15, -0.1) is 0 Å². The van der Waals surface area contributed by atoms with Gasteiger partial charge in [0.05, 0.1) is 0 Å². The largest absolute Gasteiger partial charge is 0.356 e. The highest BCUT2D eigenvalue weighted by Gasteiger charge is 2.42. The lowest BCUT2D eigenvalue weighted by Crippen LogP contribution is -2.17. The standard InChI is InChI=1S/C44H39N/c1-25-12-16-30-31-17-14-27(21-37(31)43(4,5)36(30)20-25)45-28-15-18-32-33-23-40-34(24-39(33)44(6,7)38(32)22-28)41-29-11-9-8-10-26(29)13-19-35(41)42(40,2)3/h8-24,45H,1-7H3. The first-order chi connectivity index (χ1) is 21.5. The van der Waals surface area contributed by atoms with Gasteiger partial charge >= 0.3 is 0 Å². The molecule has 6 aromatic rings. The summed E-state index contributed by atoms with van der Waals surface area (Å²) in [7, 11) is 0. The Morgan fingerprint density at radius 1 is 0.422 bits per heavy atom. The Kier molecular flexibility index (Phi) is 5.08. The van der Waals surface area contributed by atoms with Gasteiger partial charge in [-0.2, -0.15) is 0 Å². The van der Waals surface area contributed by atoms with Crippen molar-refractivity contribution in [1.29, 1.82) is 0 Å². The molecule has 0 fully saturated rings. The first-order valence-electron chi connectivity index (χ1n) is 16.4. The van der Waals surface area contributed by atoms with E-state index in [-0.39, 0.29) is 16.2 Å². The zero-order valence-electron chi connectivity index (χ0n) is 27.3. The van der Waals surface area contributed by atoms with Crippen molar-refractivity contribution in [2.75, 3.05) is 5.32 Å². The maximum absolute atomic E-state index is 3.80. The van der Waals surface area contributed by atoms with Gasteiger partial charge in [0.25, 0.3) is 0 Å². The van der Waals surface area contributed by atoms with Gasteiger partial charge in [-0.05, 0) is 121 Å². The van der Waals surface area contributed by atoms with Crippen molar-refractivity contribution >= 4 is 22.1 Å². The number of hydrogen-bond acceptors (Lipinski definition) is 1. The highest BCUT2D eigenvalue weighted by atomic mass is 14.9. The minimum atomic E-state index is -0.103. The van der Waals surface area contributed by atoms with Crippen LogP contribution in [0, 0.1) is 6.92 Å². The molecule has 220 valence electrons. The van der Waals surface area contributed by atoms with Crippen LogP contribution in [0.3, 0.4) is 0 Å². The molecule has 1 nitrogen and oxygen atoms in total. The first-order valence-corrected chi connectivity index (χ1v) is 16.4. The lowest BCUT2D eigenvalue weighted by Gasteiger charge is -2.24. The molecule has 3 aliphatic rings. The van der Waals surface area contributed by atoms with E-state index in [0.29, 0.717) is 0 Å². The van der Waals surface area contributed by atoms with Crippen LogP contribution in [0.5, 0.6) is 0 Å². The lowest BCUT2D eigenvalue weighted by atomic mass is 9.79. The van der Waals surface area contributed by atoms with E-state index in [1.54, 1.807) is 0 Å². The summed E-state index contributed by atoms with van der Waals surface area (Å²) in [5, 5.41) is 6.47. The van der Waals surface area contributed by atoms with Gasteiger partial charge in [-0.1, -0.05) is 114 Å². The zero-order valence-corrected chi connectivity index (χ0v) is 27.3. The Morgan fingerprint density at radius 3 is 1.62 bits per heavy atom. The van der Waals surface area contributed by atoms with Crippen molar-refractivity contribution < 1.29 is 0 Å². The molecule has 0 saturated carbocycles. The molecule has 0 radical (unpaired) electrons. The predicted molar refractivity (Wildman–Crippen MR) is 191 cm³/mol. The maximum atomic E-state index is 3.80. The van der Waals surface area contributed by atoms with Crippen molar-refractivity contribution in [2.24, 2.45) is 0 Å². The van der Waals surface area contributed by atoms with E-state index in [2.05, 4.69) is 157 Å². The lowest BCUT2D eigenvalue weighted by molar-refractivity contribution is 0.652. The monoisotopic (exact) mass is 581 g/mol. The maximum Gasteiger partial charge on any atom is 0.0387 e. The molecule has 6 aromatic carbocycles. The van der Waals surface area contributed by atoms with Gasteiger partial charge in [0.1, 0.15) is 0 Å². The highest BCUT2D eigenvalue weighted by molar-refractivity contribution is 6.03. The van der Waals surface area contributed by atoms with Crippen LogP contribution in [-0.2, 0) is 16.2 Å². The Balaban J connectivity index is 1.12. The summed E-state index contributed by atoms with van der Waals surface area (Å²) in [6.45, 7) is 16.5. The molecule has 0 aromatic heterocycles. The molecule has 0 heterocycles. The quantitative estimate of drug-likeness (QED) is 0.214. The van der Waals surface area contributed by atoms with Gasteiger partial charge < -0.3 is 5.32 Å². The molecule has 1 N–H and O–H groups in total. The van der Waals surface area contributed by atoms with E-state index in [0.717, 1.165) is 11.4 Å². The summed E-state index contributed by atoms with van der Waals surface area (Å²) in [5.41, 5.74) is 20.3. The molecular formula is C44H39N. The fourth-order valence-electron chi connectivity index (χ4n) is 8.91. The van der Waals surface area contributed by atoms with Crippen molar-refractivity contribution in [1.82, 2.24) is 0 Å². The second-order valence-corrected chi connectivity index (χ2v) is 15.2. The fourth-order valence-corrected chi connectivity index (χ4v) is 8.91.